The normalized spacial score (nSPS) is 11.8. The Bertz CT molecular complexity index is 670. The maximum atomic E-state index is 6.14. The number of anilines is 1. The number of para-hydroxylation sites is 1. The molecule has 2 nitrogen and oxygen atoms in total. The van der Waals surface area contributed by atoms with Crippen molar-refractivity contribution in [3.63, 3.8) is 0 Å². The van der Waals surface area contributed by atoms with Crippen LogP contribution in [0.2, 0.25) is 5.02 Å². The van der Waals surface area contributed by atoms with Crippen molar-refractivity contribution < 1.29 is 0 Å². The lowest BCUT2D eigenvalue weighted by atomic mass is 9.99. The van der Waals surface area contributed by atoms with E-state index in [9.17, 15) is 0 Å². The summed E-state index contributed by atoms with van der Waals surface area (Å²) < 4.78 is 0. The Morgan fingerprint density at radius 1 is 1.14 bits per heavy atom. The van der Waals surface area contributed by atoms with Gasteiger partial charge in [-0.05, 0) is 61.3 Å². The van der Waals surface area contributed by atoms with E-state index in [-0.39, 0.29) is 6.04 Å². The second-order valence-electron chi connectivity index (χ2n) is 5.38. The van der Waals surface area contributed by atoms with Gasteiger partial charge in [0.25, 0.3) is 0 Å². The van der Waals surface area contributed by atoms with Crippen molar-refractivity contribution in [2.75, 3.05) is 5.32 Å². The third-order valence-corrected chi connectivity index (χ3v) is 4.32. The molecule has 116 valence electrons. The minimum Gasteiger partial charge on any atom is -0.356 e. The van der Waals surface area contributed by atoms with Crippen LogP contribution in [0.1, 0.15) is 36.1 Å². The van der Waals surface area contributed by atoms with Gasteiger partial charge in [-0.25, -0.2) is 0 Å². The van der Waals surface area contributed by atoms with Gasteiger partial charge < -0.3 is 10.6 Å². The van der Waals surface area contributed by atoms with E-state index in [4.69, 9.17) is 23.8 Å². The van der Waals surface area contributed by atoms with Crippen molar-refractivity contribution in [3.8, 4) is 0 Å². The molecule has 4 heteroatoms. The lowest BCUT2D eigenvalue weighted by Gasteiger charge is -2.21. The first-order valence-electron chi connectivity index (χ1n) is 7.40. The molecular weight excluding hydrogens is 312 g/mol. The minimum absolute atomic E-state index is 0.182. The molecule has 0 bridgehead atoms. The molecule has 2 aromatic carbocycles. The van der Waals surface area contributed by atoms with E-state index >= 15 is 0 Å². The van der Waals surface area contributed by atoms with Crippen molar-refractivity contribution in [2.45, 2.75) is 33.2 Å². The van der Waals surface area contributed by atoms with Crippen molar-refractivity contribution in [3.05, 3.63) is 64.2 Å². The summed E-state index contributed by atoms with van der Waals surface area (Å²) in [5.74, 6) is 0. The molecule has 0 spiro atoms. The van der Waals surface area contributed by atoms with Crippen molar-refractivity contribution in [1.29, 1.82) is 0 Å². The molecule has 0 aliphatic rings. The van der Waals surface area contributed by atoms with Crippen LogP contribution in [0.4, 0.5) is 5.69 Å². The average molecular weight is 333 g/mol. The molecule has 1 unspecified atom stereocenters. The fraction of sp³-hybridized carbons (Fsp3) is 0.278. The Morgan fingerprint density at radius 3 is 2.50 bits per heavy atom. The predicted molar refractivity (Wildman–Crippen MR) is 99.8 cm³/mol. The van der Waals surface area contributed by atoms with Gasteiger partial charge >= 0.3 is 0 Å². The van der Waals surface area contributed by atoms with Crippen LogP contribution < -0.4 is 10.6 Å². The summed E-state index contributed by atoms with van der Waals surface area (Å²) >= 11 is 11.6. The molecule has 0 aromatic heterocycles. The van der Waals surface area contributed by atoms with Gasteiger partial charge in [0.15, 0.2) is 5.11 Å². The molecule has 0 radical (unpaired) electrons. The molecule has 2 N–H and O–H groups in total. The Hall–Kier alpha value is -1.58. The SMILES string of the molecule is CCC(NC(=S)Nc1ccccc1Cl)c1ccc(C)c(C)c1. The van der Waals surface area contributed by atoms with Crippen molar-refractivity contribution in [2.24, 2.45) is 0 Å². The Balaban J connectivity index is 2.08. The lowest BCUT2D eigenvalue weighted by Crippen LogP contribution is -2.32. The average Bonchev–Trinajstić information content (AvgIpc) is 2.50. The van der Waals surface area contributed by atoms with Gasteiger partial charge in [-0.2, -0.15) is 0 Å². The van der Waals surface area contributed by atoms with Crippen molar-refractivity contribution >= 4 is 34.6 Å². The number of aryl methyl sites for hydroxylation is 2. The standard InChI is InChI=1S/C18H21ClN2S/c1-4-16(14-10-9-12(2)13(3)11-14)20-18(22)21-17-8-6-5-7-15(17)19/h5-11,16H,4H2,1-3H3,(H2,20,21,22). The van der Waals surface area contributed by atoms with Crippen LogP contribution in [0.3, 0.4) is 0 Å². The molecular formula is C18H21ClN2S. The van der Waals surface area contributed by atoms with E-state index in [0.717, 1.165) is 12.1 Å². The summed E-state index contributed by atoms with van der Waals surface area (Å²) in [5.41, 5.74) is 4.66. The maximum absolute atomic E-state index is 6.14. The highest BCUT2D eigenvalue weighted by molar-refractivity contribution is 7.80. The molecule has 0 aliphatic heterocycles. The summed E-state index contributed by atoms with van der Waals surface area (Å²) in [6.45, 7) is 6.40. The maximum Gasteiger partial charge on any atom is 0.171 e. The Kier molecular flexibility index (Phi) is 5.81. The molecule has 2 rings (SSSR count). The molecule has 0 aliphatic carbocycles. The van der Waals surface area contributed by atoms with Gasteiger partial charge in [-0.15, -0.1) is 0 Å². The molecule has 1 atom stereocenters. The summed E-state index contributed by atoms with van der Waals surface area (Å²) in [6.07, 6.45) is 0.951. The van der Waals surface area contributed by atoms with Crippen molar-refractivity contribution in [1.82, 2.24) is 5.32 Å². The zero-order chi connectivity index (χ0) is 16.1. The molecule has 0 saturated heterocycles. The van der Waals surface area contributed by atoms with E-state index in [1.54, 1.807) is 0 Å². The van der Waals surface area contributed by atoms with E-state index < -0.39 is 0 Å². The van der Waals surface area contributed by atoms with Crippen LogP contribution >= 0.6 is 23.8 Å². The van der Waals surface area contributed by atoms with Crippen LogP contribution in [0, 0.1) is 13.8 Å². The zero-order valence-electron chi connectivity index (χ0n) is 13.1. The molecule has 0 amide bonds. The molecule has 0 fully saturated rings. The topological polar surface area (TPSA) is 24.1 Å². The first-order chi connectivity index (χ1) is 10.5. The number of thiocarbonyl (C=S) groups is 1. The molecule has 0 heterocycles. The lowest BCUT2D eigenvalue weighted by molar-refractivity contribution is 0.628. The third-order valence-electron chi connectivity index (χ3n) is 3.77. The van der Waals surface area contributed by atoms with E-state index in [0.29, 0.717) is 10.1 Å². The van der Waals surface area contributed by atoms with Gasteiger partial charge in [-0.3, -0.25) is 0 Å². The number of nitrogens with one attached hydrogen (secondary N) is 2. The number of benzene rings is 2. The highest BCUT2D eigenvalue weighted by Crippen LogP contribution is 2.22. The van der Waals surface area contributed by atoms with E-state index in [1.807, 2.05) is 24.3 Å². The zero-order valence-corrected chi connectivity index (χ0v) is 14.7. The summed E-state index contributed by atoms with van der Waals surface area (Å²) in [6, 6.07) is 14.3. The van der Waals surface area contributed by atoms with Gasteiger partial charge in [0, 0.05) is 0 Å². The number of rotatable bonds is 4. The number of hydrogen-bond donors (Lipinski definition) is 2. The van der Waals surface area contributed by atoms with Crippen LogP contribution in [0.5, 0.6) is 0 Å². The highest BCUT2D eigenvalue weighted by atomic mass is 35.5. The van der Waals surface area contributed by atoms with E-state index in [1.165, 1.54) is 16.7 Å². The van der Waals surface area contributed by atoms with Gasteiger partial charge in [0.2, 0.25) is 0 Å². The largest absolute Gasteiger partial charge is 0.356 e. The molecule has 0 saturated carbocycles. The third kappa shape index (κ3) is 4.21. The first kappa shape index (κ1) is 16.8. The highest BCUT2D eigenvalue weighted by Gasteiger charge is 2.12. The number of hydrogen-bond acceptors (Lipinski definition) is 1. The predicted octanol–water partition coefficient (Wildman–Crippen LogP) is 5.39. The Morgan fingerprint density at radius 2 is 1.86 bits per heavy atom. The summed E-state index contributed by atoms with van der Waals surface area (Å²) in [4.78, 5) is 0. The van der Waals surface area contributed by atoms with Gasteiger partial charge in [0.1, 0.15) is 0 Å². The Labute approximate surface area is 142 Å². The summed E-state index contributed by atoms with van der Waals surface area (Å²) in [7, 11) is 0. The van der Waals surface area contributed by atoms with Crippen LogP contribution in [0.25, 0.3) is 0 Å². The van der Waals surface area contributed by atoms with Gasteiger partial charge in [-0.1, -0.05) is 48.9 Å². The molecule has 2 aromatic rings. The van der Waals surface area contributed by atoms with E-state index in [2.05, 4.69) is 49.6 Å². The fourth-order valence-electron chi connectivity index (χ4n) is 2.28. The minimum atomic E-state index is 0.182. The smallest absolute Gasteiger partial charge is 0.171 e. The molecule has 22 heavy (non-hydrogen) atoms. The fourth-order valence-corrected chi connectivity index (χ4v) is 2.72. The number of halogens is 1. The van der Waals surface area contributed by atoms with Gasteiger partial charge in [0.05, 0.1) is 16.8 Å². The second-order valence-corrected chi connectivity index (χ2v) is 6.20. The monoisotopic (exact) mass is 332 g/mol. The van der Waals surface area contributed by atoms with Crippen LogP contribution in [-0.4, -0.2) is 5.11 Å². The quantitative estimate of drug-likeness (QED) is 0.733. The van der Waals surface area contributed by atoms with Crippen LogP contribution in [-0.2, 0) is 0 Å². The first-order valence-corrected chi connectivity index (χ1v) is 8.19. The second kappa shape index (κ2) is 7.61. The van der Waals surface area contributed by atoms with Crippen LogP contribution in [0.15, 0.2) is 42.5 Å². The summed E-state index contributed by atoms with van der Waals surface area (Å²) in [5, 5.41) is 7.77.